The first-order valence-electron chi connectivity index (χ1n) is 4.54. The number of fused-ring (bicyclic) bond motifs is 1. The molecule has 0 unspecified atom stereocenters. The quantitative estimate of drug-likeness (QED) is 0.740. The zero-order valence-electron chi connectivity index (χ0n) is 8.26. The van der Waals surface area contributed by atoms with Crippen LogP contribution in [-0.4, -0.2) is 9.97 Å². The summed E-state index contributed by atoms with van der Waals surface area (Å²) < 4.78 is 0. The molecule has 0 aliphatic rings. The minimum Gasteiger partial charge on any atom is -0.341 e. The van der Waals surface area contributed by atoms with Gasteiger partial charge in [0.1, 0.15) is 5.82 Å². The third kappa shape index (κ3) is 1.25. The monoisotopic (exact) mass is 185 g/mol. The van der Waals surface area contributed by atoms with Gasteiger partial charge in [-0.2, -0.15) is 5.26 Å². The molecule has 70 valence electrons. The van der Waals surface area contributed by atoms with Crippen molar-refractivity contribution in [1.82, 2.24) is 9.97 Å². The number of benzene rings is 1. The highest BCUT2D eigenvalue weighted by molar-refractivity contribution is 5.79. The minimum absolute atomic E-state index is 0.340. The van der Waals surface area contributed by atoms with E-state index in [0.717, 1.165) is 16.9 Å². The molecule has 0 fully saturated rings. The Morgan fingerprint density at radius 1 is 1.43 bits per heavy atom. The van der Waals surface area contributed by atoms with Gasteiger partial charge in [0.25, 0.3) is 0 Å². The molecule has 14 heavy (non-hydrogen) atoms. The fourth-order valence-electron chi connectivity index (χ4n) is 1.52. The number of nitriles is 1. The number of rotatable bonds is 1. The predicted molar refractivity (Wildman–Crippen MR) is 54.9 cm³/mol. The van der Waals surface area contributed by atoms with Crippen molar-refractivity contribution in [2.45, 2.75) is 20.3 Å². The Bertz CT molecular complexity index is 517. The number of aromatic amines is 1. The third-order valence-corrected chi connectivity index (χ3v) is 2.47. The Balaban J connectivity index is 2.66. The second-order valence-corrected chi connectivity index (χ2v) is 3.42. The number of aromatic nitrogens is 2. The maximum Gasteiger partial charge on any atom is 0.121 e. The van der Waals surface area contributed by atoms with E-state index in [-0.39, 0.29) is 0 Å². The van der Waals surface area contributed by atoms with Crippen LogP contribution in [0, 0.1) is 25.2 Å². The zero-order valence-corrected chi connectivity index (χ0v) is 8.26. The van der Waals surface area contributed by atoms with Crippen LogP contribution in [0.3, 0.4) is 0 Å². The number of hydrogen-bond donors (Lipinski definition) is 1. The van der Waals surface area contributed by atoms with Gasteiger partial charge in [-0.1, -0.05) is 6.07 Å². The molecule has 0 amide bonds. The van der Waals surface area contributed by atoms with Gasteiger partial charge in [-0.05, 0) is 31.0 Å². The number of H-pyrrole nitrogens is 1. The summed E-state index contributed by atoms with van der Waals surface area (Å²) in [6.07, 6.45) is 0.340. The first-order valence-corrected chi connectivity index (χ1v) is 4.54. The molecule has 3 nitrogen and oxygen atoms in total. The second-order valence-electron chi connectivity index (χ2n) is 3.42. The molecule has 2 rings (SSSR count). The molecule has 0 saturated carbocycles. The number of nitrogens with one attached hydrogen (secondary N) is 1. The van der Waals surface area contributed by atoms with Crippen LogP contribution in [0.1, 0.15) is 17.0 Å². The van der Waals surface area contributed by atoms with Crippen molar-refractivity contribution in [3.8, 4) is 6.07 Å². The molecule has 0 bridgehead atoms. The molecule has 1 aromatic heterocycles. The average Bonchev–Trinajstić information content (AvgIpc) is 2.56. The van der Waals surface area contributed by atoms with Crippen LogP contribution in [0.5, 0.6) is 0 Å². The smallest absolute Gasteiger partial charge is 0.121 e. The lowest BCUT2D eigenvalue weighted by molar-refractivity contribution is 1.08. The van der Waals surface area contributed by atoms with Crippen LogP contribution in [-0.2, 0) is 6.42 Å². The van der Waals surface area contributed by atoms with Crippen molar-refractivity contribution in [3.63, 3.8) is 0 Å². The molecule has 0 saturated heterocycles. The van der Waals surface area contributed by atoms with Gasteiger partial charge in [-0.25, -0.2) is 4.98 Å². The normalized spacial score (nSPS) is 10.4. The fraction of sp³-hybridized carbons (Fsp3) is 0.273. The topological polar surface area (TPSA) is 52.5 Å². The van der Waals surface area contributed by atoms with Gasteiger partial charge < -0.3 is 4.98 Å². The molecule has 2 aromatic rings. The average molecular weight is 185 g/mol. The first-order chi connectivity index (χ1) is 6.72. The summed E-state index contributed by atoms with van der Waals surface area (Å²) in [6, 6.07) is 6.15. The van der Waals surface area contributed by atoms with E-state index in [1.165, 1.54) is 11.1 Å². The van der Waals surface area contributed by atoms with Gasteiger partial charge in [-0.15, -0.1) is 0 Å². The first kappa shape index (κ1) is 8.76. The molecule has 1 N–H and O–H groups in total. The molecular weight excluding hydrogens is 174 g/mol. The Morgan fingerprint density at radius 2 is 2.21 bits per heavy atom. The van der Waals surface area contributed by atoms with Crippen molar-refractivity contribution in [3.05, 3.63) is 29.1 Å². The number of aryl methyl sites for hydroxylation is 2. The lowest BCUT2D eigenvalue weighted by atomic mass is 10.1. The number of imidazole rings is 1. The second kappa shape index (κ2) is 3.15. The highest BCUT2D eigenvalue weighted by Gasteiger charge is 2.05. The Kier molecular flexibility index (Phi) is 1.97. The lowest BCUT2D eigenvalue weighted by Gasteiger charge is -1.98. The molecule has 1 heterocycles. The molecular formula is C11H11N3. The van der Waals surface area contributed by atoms with Crippen LogP contribution in [0.15, 0.2) is 12.1 Å². The Labute approximate surface area is 82.4 Å². The van der Waals surface area contributed by atoms with Crippen LogP contribution >= 0.6 is 0 Å². The van der Waals surface area contributed by atoms with Crippen molar-refractivity contribution in [2.24, 2.45) is 0 Å². The Morgan fingerprint density at radius 3 is 2.93 bits per heavy atom. The fourth-order valence-corrected chi connectivity index (χ4v) is 1.52. The van der Waals surface area contributed by atoms with E-state index in [0.29, 0.717) is 6.42 Å². The van der Waals surface area contributed by atoms with E-state index in [4.69, 9.17) is 5.26 Å². The van der Waals surface area contributed by atoms with E-state index in [9.17, 15) is 0 Å². The molecule has 0 radical (unpaired) electrons. The largest absolute Gasteiger partial charge is 0.341 e. The summed E-state index contributed by atoms with van der Waals surface area (Å²) in [4.78, 5) is 7.52. The minimum atomic E-state index is 0.340. The third-order valence-electron chi connectivity index (χ3n) is 2.47. The zero-order chi connectivity index (χ0) is 10.1. The molecule has 0 atom stereocenters. The molecule has 0 aliphatic heterocycles. The van der Waals surface area contributed by atoms with Crippen LogP contribution < -0.4 is 0 Å². The van der Waals surface area contributed by atoms with Gasteiger partial charge in [-0.3, -0.25) is 0 Å². The van der Waals surface area contributed by atoms with Crippen LogP contribution in [0.25, 0.3) is 11.0 Å². The maximum absolute atomic E-state index is 8.56. The van der Waals surface area contributed by atoms with Crippen molar-refractivity contribution in [1.29, 1.82) is 5.26 Å². The van der Waals surface area contributed by atoms with Crippen LogP contribution in [0.2, 0.25) is 0 Å². The number of hydrogen-bond acceptors (Lipinski definition) is 2. The predicted octanol–water partition coefficient (Wildman–Crippen LogP) is 2.25. The van der Waals surface area contributed by atoms with E-state index in [1.54, 1.807) is 0 Å². The molecule has 1 aromatic carbocycles. The van der Waals surface area contributed by atoms with Gasteiger partial charge in [0.15, 0.2) is 0 Å². The standard InChI is InChI=1S/C11H11N3/c1-7-3-4-9-11(8(7)2)14-10(13-9)5-6-12/h3-4H,5H2,1-2H3,(H,13,14). The van der Waals surface area contributed by atoms with E-state index in [1.807, 2.05) is 6.07 Å². The van der Waals surface area contributed by atoms with Crippen molar-refractivity contribution < 1.29 is 0 Å². The van der Waals surface area contributed by atoms with Gasteiger partial charge in [0.2, 0.25) is 0 Å². The van der Waals surface area contributed by atoms with Gasteiger partial charge >= 0.3 is 0 Å². The summed E-state index contributed by atoms with van der Waals surface area (Å²) in [5, 5.41) is 8.56. The summed E-state index contributed by atoms with van der Waals surface area (Å²) in [7, 11) is 0. The molecule has 0 aliphatic carbocycles. The molecule has 3 heteroatoms. The van der Waals surface area contributed by atoms with Gasteiger partial charge in [0, 0.05) is 0 Å². The summed E-state index contributed by atoms with van der Waals surface area (Å²) in [5.41, 5.74) is 4.41. The number of nitrogens with zero attached hydrogens (tertiary/aromatic N) is 2. The summed E-state index contributed by atoms with van der Waals surface area (Å²) in [5.74, 6) is 0.746. The van der Waals surface area contributed by atoms with E-state index >= 15 is 0 Å². The molecule has 0 spiro atoms. The SMILES string of the molecule is Cc1ccc2[nH]c(CC#N)nc2c1C. The maximum atomic E-state index is 8.56. The Hall–Kier alpha value is -1.82. The highest BCUT2D eigenvalue weighted by atomic mass is 14.9. The van der Waals surface area contributed by atoms with Crippen LogP contribution in [0.4, 0.5) is 0 Å². The van der Waals surface area contributed by atoms with Crippen molar-refractivity contribution in [2.75, 3.05) is 0 Å². The van der Waals surface area contributed by atoms with Crippen molar-refractivity contribution >= 4 is 11.0 Å². The highest BCUT2D eigenvalue weighted by Crippen LogP contribution is 2.19. The summed E-state index contributed by atoms with van der Waals surface area (Å²) in [6.45, 7) is 4.11. The summed E-state index contributed by atoms with van der Waals surface area (Å²) >= 11 is 0. The van der Waals surface area contributed by atoms with E-state index < -0.39 is 0 Å². The van der Waals surface area contributed by atoms with Gasteiger partial charge in [0.05, 0.1) is 23.5 Å². The van der Waals surface area contributed by atoms with E-state index in [2.05, 4.69) is 36.0 Å². The lowest BCUT2D eigenvalue weighted by Crippen LogP contribution is -1.83.